The molecule has 8 amide bonds. The van der Waals surface area contributed by atoms with Gasteiger partial charge in [-0.1, -0.05) is 34.1 Å². The number of amides is 8. The third-order valence-corrected chi connectivity index (χ3v) is 11.2. The lowest BCUT2D eigenvalue weighted by molar-refractivity contribution is -0.142. The van der Waals surface area contributed by atoms with Crippen molar-refractivity contribution in [2.24, 2.45) is 17.6 Å². The number of nitrogens with two attached hydrogens (primary N) is 1. The molecular weight excluding hydrogens is 791 g/mol. The quantitative estimate of drug-likeness (QED) is 0.0415. The van der Waals surface area contributed by atoms with Gasteiger partial charge in [-0.2, -0.15) is 0 Å². The van der Waals surface area contributed by atoms with Crippen LogP contribution in [0.15, 0.2) is 0 Å². The fourth-order valence-corrected chi connectivity index (χ4v) is 7.33. The number of nitrogens with zero attached hydrogens (tertiary/aromatic N) is 1. The normalized spacial score (nSPS) is 20.4. The summed E-state index contributed by atoms with van der Waals surface area (Å²) in [6.07, 6.45) is 3.08. The molecule has 0 radical (unpaired) electrons. The molecule has 0 bridgehead atoms. The molecule has 0 aromatic heterocycles. The lowest BCUT2D eigenvalue weighted by Crippen LogP contribution is -2.59. The van der Waals surface area contributed by atoms with Gasteiger partial charge in [0.05, 0.1) is 24.7 Å². The van der Waals surface area contributed by atoms with Crippen LogP contribution in [0.25, 0.3) is 0 Å². The molecule has 21 heteroatoms. The number of nitrogens with one attached hydrogen (secondary N) is 7. The summed E-state index contributed by atoms with van der Waals surface area (Å²) in [5.74, 6) is -5.88. The van der Waals surface area contributed by atoms with E-state index in [1.807, 2.05) is 27.7 Å². The van der Waals surface area contributed by atoms with Gasteiger partial charge in [-0.3, -0.25) is 42.6 Å². The zero-order valence-corrected chi connectivity index (χ0v) is 35.8. The van der Waals surface area contributed by atoms with E-state index in [-0.39, 0.29) is 49.8 Å². The molecule has 334 valence electrons. The van der Waals surface area contributed by atoms with Crippen molar-refractivity contribution in [3.8, 4) is 0 Å². The molecule has 1 unspecified atom stereocenters. The Morgan fingerprint density at radius 3 is 2.08 bits per heavy atom. The monoisotopic (exact) mass is 855 g/mol. The van der Waals surface area contributed by atoms with E-state index in [0.29, 0.717) is 38.5 Å². The van der Waals surface area contributed by atoms with Crippen LogP contribution in [0.5, 0.6) is 0 Å². The number of aldehydes is 1. The minimum atomic E-state index is -1.60. The van der Waals surface area contributed by atoms with Gasteiger partial charge in [-0.05, 0) is 70.3 Å². The largest absolute Gasteiger partial charge is 0.391 e. The van der Waals surface area contributed by atoms with Gasteiger partial charge in [0.1, 0.15) is 36.5 Å². The molecule has 0 spiro atoms. The second-order valence-corrected chi connectivity index (χ2v) is 17.3. The van der Waals surface area contributed by atoms with E-state index in [0.717, 1.165) is 6.42 Å². The molecule has 20 nitrogen and oxygen atoms in total. The maximum atomic E-state index is 14.0. The third kappa shape index (κ3) is 16.9. The highest BCUT2D eigenvalue weighted by Crippen LogP contribution is 2.21. The number of carbonyl (C=O) groups excluding carboxylic acids is 9. The standard InChI is InChI=1S/C38H65N9O11S/c1-7-22(4)28(20-48)45-36(55)29-11-9-16-47(29)38(57)27(18-21(2)3)44-34(53)26(14-17-59(6)58)42-31(51)19-41-37(56)32(23(5)49)46-35(54)25(12-13-30(39)50)43-33(52)24-10-8-15-40-24/h20-29,32,40,49H,7-19H2,1-6H3,(H2,39,50)(H,41,56)(H,42,51)(H,43,52)(H,44,53)(H,45,55)(H,46,54)/t22-,23+,24-,25-,26-,27-,28+,29-,32-,59?/m0/s1. The minimum absolute atomic E-state index is 0.00360. The van der Waals surface area contributed by atoms with Crippen molar-refractivity contribution < 1.29 is 52.5 Å². The lowest BCUT2D eigenvalue weighted by atomic mass is 9.99. The number of carbonyl (C=O) groups is 9. The van der Waals surface area contributed by atoms with E-state index in [4.69, 9.17) is 5.73 Å². The maximum Gasteiger partial charge on any atom is 0.245 e. The summed E-state index contributed by atoms with van der Waals surface area (Å²) in [6.45, 7) is 8.78. The molecule has 2 fully saturated rings. The number of likely N-dealkylation sites (tertiary alicyclic amines) is 1. The van der Waals surface area contributed by atoms with E-state index in [2.05, 4.69) is 37.2 Å². The first-order valence-corrected chi connectivity index (χ1v) is 22.1. The second-order valence-electron chi connectivity index (χ2n) is 15.8. The zero-order chi connectivity index (χ0) is 44.4. The molecule has 2 rings (SSSR count). The topological polar surface area (TPSA) is 304 Å². The number of rotatable bonds is 25. The first-order chi connectivity index (χ1) is 27.8. The van der Waals surface area contributed by atoms with Gasteiger partial charge in [0, 0.05) is 35.8 Å². The van der Waals surface area contributed by atoms with Crippen LogP contribution >= 0.6 is 0 Å². The molecular formula is C38H65N9O11S. The Morgan fingerprint density at radius 2 is 1.53 bits per heavy atom. The van der Waals surface area contributed by atoms with E-state index >= 15 is 0 Å². The molecule has 2 saturated heterocycles. The summed E-state index contributed by atoms with van der Waals surface area (Å²) < 4.78 is 12.0. The Hall–Kier alpha value is -4.50. The Bertz CT molecular complexity index is 1520. The van der Waals surface area contributed by atoms with Gasteiger partial charge in [-0.25, -0.2) is 0 Å². The molecule has 0 aliphatic carbocycles. The molecule has 2 aliphatic heterocycles. The van der Waals surface area contributed by atoms with E-state index < -0.39 is 113 Å². The smallest absolute Gasteiger partial charge is 0.245 e. The van der Waals surface area contributed by atoms with Crippen molar-refractivity contribution >= 4 is 64.3 Å². The van der Waals surface area contributed by atoms with Crippen LogP contribution in [-0.4, -0.2) is 148 Å². The van der Waals surface area contributed by atoms with Gasteiger partial charge in [-0.15, -0.1) is 0 Å². The summed E-state index contributed by atoms with van der Waals surface area (Å²) >= 11 is 0. The molecule has 2 heterocycles. The fourth-order valence-electron chi connectivity index (χ4n) is 6.76. The Labute approximate surface area is 348 Å². The third-order valence-electron chi connectivity index (χ3n) is 10.4. The van der Waals surface area contributed by atoms with Crippen LogP contribution in [0, 0.1) is 11.8 Å². The number of hydrogen-bond donors (Lipinski definition) is 9. The van der Waals surface area contributed by atoms with Gasteiger partial charge in [0.15, 0.2) is 0 Å². The van der Waals surface area contributed by atoms with Gasteiger partial charge in [0.25, 0.3) is 0 Å². The maximum absolute atomic E-state index is 14.0. The van der Waals surface area contributed by atoms with E-state index in [9.17, 15) is 52.5 Å². The van der Waals surface area contributed by atoms with Crippen LogP contribution in [-0.2, 0) is 54.0 Å². The Morgan fingerprint density at radius 1 is 0.864 bits per heavy atom. The van der Waals surface area contributed by atoms with Gasteiger partial charge < -0.3 is 57.8 Å². The molecule has 0 saturated carbocycles. The molecule has 59 heavy (non-hydrogen) atoms. The molecule has 0 aromatic carbocycles. The number of aliphatic hydroxyl groups excluding tert-OH is 1. The molecule has 10 N–H and O–H groups in total. The fraction of sp³-hybridized carbons (Fsp3) is 0.763. The van der Waals surface area contributed by atoms with E-state index in [1.165, 1.54) is 18.1 Å². The van der Waals surface area contributed by atoms with Crippen molar-refractivity contribution in [1.82, 2.24) is 42.1 Å². The van der Waals surface area contributed by atoms with Gasteiger partial charge in [0.2, 0.25) is 47.3 Å². The average Bonchev–Trinajstić information content (AvgIpc) is 3.90. The van der Waals surface area contributed by atoms with Crippen molar-refractivity contribution in [1.29, 1.82) is 0 Å². The summed E-state index contributed by atoms with van der Waals surface area (Å²) in [4.78, 5) is 118. The average molecular weight is 856 g/mol. The summed E-state index contributed by atoms with van der Waals surface area (Å²) in [7, 11) is -1.38. The number of hydrogen-bond acceptors (Lipinski definition) is 12. The van der Waals surface area contributed by atoms with Crippen molar-refractivity contribution in [3.63, 3.8) is 0 Å². The predicted molar refractivity (Wildman–Crippen MR) is 217 cm³/mol. The Kier molecular flexibility index (Phi) is 21.6. The minimum Gasteiger partial charge on any atom is -0.391 e. The Balaban J connectivity index is 2.15. The van der Waals surface area contributed by atoms with Crippen molar-refractivity contribution in [2.45, 2.75) is 141 Å². The van der Waals surface area contributed by atoms with Crippen LogP contribution in [0.1, 0.15) is 92.4 Å². The molecule has 0 aromatic rings. The van der Waals surface area contributed by atoms with Crippen LogP contribution < -0.4 is 43.0 Å². The number of aliphatic hydroxyl groups is 1. The summed E-state index contributed by atoms with van der Waals surface area (Å²) in [5, 5.41) is 28.6. The number of primary amides is 1. The van der Waals surface area contributed by atoms with Crippen LogP contribution in [0.3, 0.4) is 0 Å². The molecule has 10 atom stereocenters. The summed E-state index contributed by atoms with van der Waals surface area (Å²) in [5.41, 5.74) is 5.25. The van der Waals surface area contributed by atoms with Crippen LogP contribution in [0.4, 0.5) is 0 Å². The van der Waals surface area contributed by atoms with Crippen molar-refractivity contribution in [3.05, 3.63) is 0 Å². The predicted octanol–water partition coefficient (Wildman–Crippen LogP) is -3.02. The zero-order valence-electron chi connectivity index (χ0n) is 35.0. The second kappa shape index (κ2) is 25.2. The highest BCUT2D eigenvalue weighted by Gasteiger charge is 2.40. The SMILES string of the molecule is CC[C@H](C)[C@@H](C=O)NC(=O)[C@@H]1CCCN1C(=O)[C@H](CC(C)C)NC(=O)[C@H](CCS(C)=O)NC(=O)CNC(=O)[C@@H](NC(=O)[C@H](CCC(N)=O)NC(=O)[C@@H]1CCCN1)[C@@H](C)O. The van der Waals surface area contributed by atoms with Crippen LogP contribution in [0.2, 0.25) is 0 Å². The highest BCUT2D eigenvalue weighted by molar-refractivity contribution is 7.84. The first kappa shape index (κ1) is 50.6. The van der Waals surface area contributed by atoms with Gasteiger partial charge >= 0.3 is 0 Å². The lowest BCUT2D eigenvalue weighted by Gasteiger charge is -2.31. The first-order valence-electron chi connectivity index (χ1n) is 20.3. The highest BCUT2D eigenvalue weighted by atomic mass is 32.2. The molecule has 2 aliphatic rings. The van der Waals surface area contributed by atoms with Crippen molar-refractivity contribution in [2.75, 3.05) is 31.6 Å². The summed E-state index contributed by atoms with van der Waals surface area (Å²) in [6, 6.07) is -7.41. The van der Waals surface area contributed by atoms with E-state index in [1.54, 1.807) is 0 Å².